The van der Waals surface area contributed by atoms with E-state index in [0.29, 0.717) is 10.8 Å². The van der Waals surface area contributed by atoms with Crippen molar-refractivity contribution >= 4 is 23.2 Å². The highest BCUT2D eigenvalue weighted by molar-refractivity contribution is 7.14. The standard InChI is InChI=1S/C31H47NO5S/c1-10-19(3)27(30(35)36-9)32-29(34)28-21(5)17-24(38-28)14-12-22(11-2)23-13-15-25(20(4)16-23)37-18-26(33)31(6,7)8/h13,15-17,19,22,26-27,33H,10-12,14,18H2,1-9H3,(H,32,34). The van der Waals surface area contributed by atoms with Gasteiger partial charge in [-0.1, -0.05) is 60.1 Å². The van der Waals surface area contributed by atoms with Crippen LogP contribution < -0.4 is 10.1 Å². The largest absolute Gasteiger partial charge is 0.491 e. The van der Waals surface area contributed by atoms with E-state index >= 15 is 0 Å². The Morgan fingerprint density at radius 3 is 2.32 bits per heavy atom. The van der Waals surface area contributed by atoms with Gasteiger partial charge in [0.05, 0.1) is 18.1 Å². The van der Waals surface area contributed by atoms with E-state index in [9.17, 15) is 14.7 Å². The number of benzene rings is 1. The summed E-state index contributed by atoms with van der Waals surface area (Å²) in [5.41, 5.74) is 3.04. The van der Waals surface area contributed by atoms with Crippen molar-refractivity contribution in [1.82, 2.24) is 5.32 Å². The van der Waals surface area contributed by atoms with Crippen LogP contribution in [-0.2, 0) is 16.0 Å². The monoisotopic (exact) mass is 545 g/mol. The Morgan fingerprint density at radius 2 is 1.76 bits per heavy atom. The van der Waals surface area contributed by atoms with Crippen molar-refractivity contribution in [3.8, 4) is 5.75 Å². The normalized spacial score (nSPS) is 14.9. The molecule has 1 amide bonds. The Bertz CT molecular complexity index is 1070. The maximum Gasteiger partial charge on any atom is 0.328 e. The number of rotatable bonds is 13. The molecule has 2 N–H and O–H groups in total. The third-order valence-corrected chi connectivity index (χ3v) is 8.72. The third-order valence-electron chi connectivity index (χ3n) is 7.43. The first-order chi connectivity index (χ1) is 17.8. The summed E-state index contributed by atoms with van der Waals surface area (Å²) in [5, 5.41) is 13.2. The second kappa shape index (κ2) is 14.1. The molecule has 212 valence electrons. The Balaban J connectivity index is 2.06. The lowest BCUT2D eigenvalue weighted by atomic mass is 9.89. The van der Waals surface area contributed by atoms with Crippen LogP contribution in [0.25, 0.3) is 0 Å². The second-order valence-electron chi connectivity index (χ2n) is 11.4. The highest BCUT2D eigenvalue weighted by atomic mass is 32.1. The fraction of sp³-hybridized carbons (Fsp3) is 0.613. The van der Waals surface area contributed by atoms with Crippen molar-refractivity contribution in [2.75, 3.05) is 13.7 Å². The summed E-state index contributed by atoms with van der Waals surface area (Å²) in [6.45, 7) is 16.4. The summed E-state index contributed by atoms with van der Waals surface area (Å²) in [7, 11) is 1.35. The fourth-order valence-electron chi connectivity index (χ4n) is 4.33. The molecule has 6 nitrogen and oxygen atoms in total. The van der Waals surface area contributed by atoms with Gasteiger partial charge in [0, 0.05) is 4.88 Å². The summed E-state index contributed by atoms with van der Waals surface area (Å²) in [6.07, 6.45) is 3.08. The molecule has 0 aliphatic rings. The van der Waals surface area contributed by atoms with Crippen LogP contribution in [0.3, 0.4) is 0 Å². The molecule has 4 atom stereocenters. The minimum atomic E-state index is -0.654. The number of carbonyl (C=O) groups excluding carboxylic acids is 2. The van der Waals surface area contributed by atoms with Crippen LogP contribution in [0.15, 0.2) is 24.3 Å². The Kier molecular flexibility index (Phi) is 11.8. The van der Waals surface area contributed by atoms with Gasteiger partial charge in [-0.25, -0.2) is 4.79 Å². The molecule has 4 unspecified atom stereocenters. The molecule has 0 fully saturated rings. The molecular formula is C31H47NO5S. The van der Waals surface area contributed by atoms with Crippen LogP contribution in [0.2, 0.25) is 0 Å². The molecule has 1 heterocycles. The number of ether oxygens (including phenoxy) is 2. The number of hydrogen-bond acceptors (Lipinski definition) is 6. The van der Waals surface area contributed by atoms with Crippen LogP contribution in [0, 0.1) is 25.2 Å². The maximum atomic E-state index is 13.0. The number of amides is 1. The number of aryl methyl sites for hydroxylation is 3. The van der Waals surface area contributed by atoms with Gasteiger partial charge < -0.3 is 19.9 Å². The predicted molar refractivity (Wildman–Crippen MR) is 155 cm³/mol. The number of aliphatic hydroxyl groups excluding tert-OH is 1. The lowest BCUT2D eigenvalue weighted by Crippen LogP contribution is -2.45. The topological polar surface area (TPSA) is 84.9 Å². The van der Waals surface area contributed by atoms with E-state index < -0.39 is 18.1 Å². The molecule has 0 aliphatic heterocycles. The van der Waals surface area contributed by atoms with E-state index in [2.05, 4.69) is 30.4 Å². The number of methoxy groups -OCH3 is 1. The van der Waals surface area contributed by atoms with Crippen LogP contribution in [0.4, 0.5) is 0 Å². The van der Waals surface area contributed by atoms with E-state index in [0.717, 1.165) is 47.4 Å². The van der Waals surface area contributed by atoms with Gasteiger partial charge in [0.1, 0.15) is 18.4 Å². The molecule has 1 aromatic carbocycles. The van der Waals surface area contributed by atoms with Gasteiger partial charge in [-0.15, -0.1) is 11.3 Å². The molecule has 1 aromatic heterocycles. The molecule has 2 rings (SSSR count). The Hall–Kier alpha value is -2.38. The van der Waals surface area contributed by atoms with Crippen LogP contribution >= 0.6 is 11.3 Å². The van der Waals surface area contributed by atoms with Crippen molar-refractivity contribution in [3.05, 3.63) is 50.7 Å². The van der Waals surface area contributed by atoms with Crippen LogP contribution in [0.5, 0.6) is 5.75 Å². The number of nitrogens with one attached hydrogen (secondary N) is 1. The van der Waals surface area contributed by atoms with Gasteiger partial charge in [-0.05, 0) is 79.2 Å². The quantitative estimate of drug-likeness (QED) is 0.277. The molecular weight excluding hydrogens is 498 g/mol. The number of aliphatic hydroxyl groups is 1. The third kappa shape index (κ3) is 8.57. The summed E-state index contributed by atoms with van der Waals surface area (Å²) >= 11 is 1.50. The second-order valence-corrected chi connectivity index (χ2v) is 12.6. The molecule has 38 heavy (non-hydrogen) atoms. The smallest absolute Gasteiger partial charge is 0.328 e. The van der Waals surface area contributed by atoms with Crippen molar-refractivity contribution in [2.24, 2.45) is 11.3 Å². The first-order valence-corrected chi connectivity index (χ1v) is 14.5. The van der Waals surface area contributed by atoms with Gasteiger partial charge in [0.15, 0.2) is 0 Å². The molecule has 0 aliphatic carbocycles. The minimum Gasteiger partial charge on any atom is -0.491 e. The average molecular weight is 546 g/mol. The van der Waals surface area contributed by atoms with E-state index in [-0.39, 0.29) is 23.8 Å². The van der Waals surface area contributed by atoms with E-state index in [4.69, 9.17) is 9.47 Å². The zero-order valence-electron chi connectivity index (χ0n) is 24.6. The van der Waals surface area contributed by atoms with Crippen molar-refractivity contribution in [1.29, 1.82) is 0 Å². The molecule has 0 saturated carbocycles. The van der Waals surface area contributed by atoms with Crippen LogP contribution in [0.1, 0.15) is 98.0 Å². The maximum absolute atomic E-state index is 13.0. The highest BCUT2D eigenvalue weighted by Gasteiger charge is 2.28. The van der Waals surface area contributed by atoms with Crippen molar-refractivity contribution < 1.29 is 24.2 Å². The number of hydrogen-bond donors (Lipinski definition) is 2. The molecule has 0 spiro atoms. The minimum absolute atomic E-state index is 0.0137. The number of esters is 1. The van der Waals surface area contributed by atoms with E-state index in [1.165, 1.54) is 24.0 Å². The molecule has 0 radical (unpaired) electrons. The van der Waals surface area contributed by atoms with Gasteiger partial charge in [0.2, 0.25) is 0 Å². The van der Waals surface area contributed by atoms with E-state index in [1.807, 2.05) is 54.5 Å². The van der Waals surface area contributed by atoms with Gasteiger partial charge >= 0.3 is 5.97 Å². The summed E-state index contributed by atoms with van der Waals surface area (Å²) in [6, 6.07) is 7.76. The van der Waals surface area contributed by atoms with Gasteiger partial charge in [-0.2, -0.15) is 0 Å². The molecule has 7 heteroatoms. The van der Waals surface area contributed by atoms with Crippen LogP contribution in [-0.4, -0.2) is 42.8 Å². The van der Waals surface area contributed by atoms with Crippen molar-refractivity contribution in [3.63, 3.8) is 0 Å². The summed E-state index contributed by atoms with van der Waals surface area (Å²) in [4.78, 5) is 27.1. The SMILES string of the molecule is CCC(CCc1cc(C)c(C(=O)NC(C(=O)OC)C(C)CC)s1)c1ccc(OCC(O)C(C)(C)C)c(C)c1. The number of thiophene rings is 1. The van der Waals surface area contributed by atoms with Gasteiger partial charge in [-0.3, -0.25) is 4.79 Å². The Labute approximate surface area is 233 Å². The van der Waals surface area contributed by atoms with E-state index in [1.54, 1.807) is 0 Å². The Morgan fingerprint density at radius 1 is 1.08 bits per heavy atom. The first-order valence-electron chi connectivity index (χ1n) is 13.7. The lowest BCUT2D eigenvalue weighted by Gasteiger charge is -2.26. The molecule has 0 saturated heterocycles. The number of carbonyl (C=O) groups is 2. The highest BCUT2D eigenvalue weighted by Crippen LogP contribution is 2.32. The first kappa shape index (κ1) is 31.8. The fourth-order valence-corrected chi connectivity index (χ4v) is 5.42. The summed E-state index contributed by atoms with van der Waals surface area (Å²) < 4.78 is 10.8. The van der Waals surface area contributed by atoms with Gasteiger partial charge in [0.25, 0.3) is 5.91 Å². The predicted octanol–water partition coefficient (Wildman–Crippen LogP) is 6.59. The van der Waals surface area contributed by atoms with Crippen molar-refractivity contribution in [2.45, 2.75) is 99.1 Å². The molecule has 0 bridgehead atoms. The molecule has 2 aromatic rings. The zero-order chi connectivity index (χ0) is 28.6. The zero-order valence-corrected chi connectivity index (χ0v) is 25.5. The lowest BCUT2D eigenvalue weighted by molar-refractivity contribution is -0.144. The summed E-state index contributed by atoms with van der Waals surface area (Å²) in [5.74, 6) is 0.547. The average Bonchev–Trinajstić information content (AvgIpc) is 3.25.